The minimum atomic E-state index is -4.49. The Morgan fingerprint density at radius 3 is 2.27 bits per heavy atom. The predicted octanol–water partition coefficient (Wildman–Crippen LogP) is 5.12. The van der Waals surface area contributed by atoms with Gasteiger partial charge in [-0.1, -0.05) is 36.4 Å². The van der Waals surface area contributed by atoms with Gasteiger partial charge in [-0.2, -0.15) is 13.2 Å². The lowest BCUT2D eigenvalue weighted by atomic mass is 10.1. The molecular formula is C25H23F3N2O2S. The molecule has 0 fully saturated rings. The molecule has 0 bridgehead atoms. The number of hydrogen-bond donors (Lipinski definition) is 1. The second kappa shape index (κ2) is 12.6. The van der Waals surface area contributed by atoms with Crippen molar-refractivity contribution in [3.63, 3.8) is 0 Å². The number of anilines is 1. The van der Waals surface area contributed by atoms with Crippen LogP contribution in [0.4, 0.5) is 18.9 Å². The van der Waals surface area contributed by atoms with Gasteiger partial charge in [0.05, 0.1) is 5.56 Å². The van der Waals surface area contributed by atoms with Crippen LogP contribution in [0.1, 0.15) is 22.0 Å². The maximum atomic E-state index is 12.6. The minimum absolute atomic E-state index is 0.117. The number of rotatable bonds is 7. The van der Waals surface area contributed by atoms with Gasteiger partial charge in [0.25, 0.3) is 0 Å². The molecule has 1 N–H and O–H groups in total. The number of nitrogens with one attached hydrogen (secondary N) is 1. The van der Waals surface area contributed by atoms with Gasteiger partial charge >= 0.3 is 12.1 Å². The standard InChI is InChI=1S/C16H10F3NO2S.C9H13N/c1-2-15(22)20(13(10-21)14-4-3-9-23-14)12-7-5-11(6-8-12)16(17,18)19;1-10-8-7-9-5-3-2-4-6-9/h1,3-10,13H;2-6,10H,7-8H2,1H3. The molecule has 1 atom stereocenters. The van der Waals surface area contributed by atoms with E-state index in [1.54, 1.807) is 17.5 Å². The maximum absolute atomic E-state index is 12.6. The van der Waals surface area contributed by atoms with E-state index in [1.807, 2.05) is 19.0 Å². The molecule has 172 valence electrons. The molecule has 1 amide bonds. The zero-order valence-electron chi connectivity index (χ0n) is 17.9. The summed E-state index contributed by atoms with van der Waals surface area (Å²) >= 11 is 1.24. The van der Waals surface area contributed by atoms with Gasteiger partial charge in [-0.25, -0.2) is 0 Å². The van der Waals surface area contributed by atoms with Crippen molar-refractivity contribution < 1.29 is 22.8 Å². The lowest BCUT2D eigenvalue weighted by Gasteiger charge is -2.26. The number of aldehydes is 1. The smallest absolute Gasteiger partial charge is 0.319 e. The van der Waals surface area contributed by atoms with E-state index in [-0.39, 0.29) is 5.69 Å². The summed E-state index contributed by atoms with van der Waals surface area (Å²) in [5.74, 6) is 1.09. The van der Waals surface area contributed by atoms with Gasteiger partial charge in [0, 0.05) is 10.6 Å². The van der Waals surface area contributed by atoms with Crippen LogP contribution in [0, 0.1) is 12.3 Å². The van der Waals surface area contributed by atoms with Gasteiger partial charge < -0.3 is 10.1 Å². The highest BCUT2D eigenvalue weighted by Crippen LogP contribution is 2.33. The summed E-state index contributed by atoms with van der Waals surface area (Å²) in [6.07, 6.45) is 2.28. The number of hydrogen-bond acceptors (Lipinski definition) is 4. The first-order valence-electron chi connectivity index (χ1n) is 9.96. The molecule has 0 spiro atoms. The van der Waals surface area contributed by atoms with Crippen LogP contribution in [0.5, 0.6) is 0 Å². The summed E-state index contributed by atoms with van der Waals surface area (Å²) in [5.41, 5.74) is 0.663. The van der Waals surface area contributed by atoms with Gasteiger partial charge in [0.2, 0.25) is 0 Å². The molecule has 0 radical (unpaired) electrons. The van der Waals surface area contributed by atoms with Crippen LogP contribution in [-0.4, -0.2) is 25.8 Å². The number of terminal acetylenes is 1. The third-order valence-electron chi connectivity index (χ3n) is 4.56. The molecule has 8 heteroatoms. The summed E-state index contributed by atoms with van der Waals surface area (Å²) in [6.45, 7) is 1.06. The van der Waals surface area contributed by atoms with Gasteiger partial charge in [0.15, 0.2) is 0 Å². The molecule has 0 aliphatic heterocycles. The van der Waals surface area contributed by atoms with Crippen molar-refractivity contribution in [2.75, 3.05) is 18.5 Å². The molecule has 4 nitrogen and oxygen atoms in total. The molecule has 1 heterocycles. The Kier molecular flexibility index (Phi) is 9.85. The Morgan fingerprint density at radius 1 is 1.12 bits per heavy atom. The molecule has 33 heavy (non-hydrogen) atoms. The number of benzene rings is 2. The van der Waals surface area contributed by atoms with Crippen LogP contribution in [0.2, 0.25) is 0 Å². The average molecular weight is 473 g/mol. The first-order chi connectivity index (χ1) is 15.8. The topological polar surface area (TPSA) is 49.4 Å². The van der Waals surface area contributed by atoms with Crippen molar-refractivity contribution in [3.05, 3.63) is 88.1 Å². The molecule has 3 aromatic rings. The van der Waals surface area contributed by atoms with Crippen LogP contribution < -0.4 is 10.2 Å². The molecule has 0 aliphatic carbocycles. The number of thiophene rings is 1. The molecule has 1 aromatic heterocycles. The van der Waals surface area contributed by atoms with Crippen LogP contribution in [0.3, 0.4) is 0 Å². The van der Waals surface area contributed by atoms with Crippen molar-refractivity contribution in [1.82, 2.24) is 5.32 Å². The monoisotopic (exact) mass is 472 g/mol. The number of nitrogens with zero attached hydrogens (tertiary/aromatic N) is 1. The second-order valence-electron chi connectivity index (χ2n) is 6.80. The number of amides is 1. The number of halogens is 3. The molecule has 3 rings (SSSR count). The minimum Gasteiger partial charge on any atom is -0.319 e. The maximum Gasteiger partial charge on any atom is 0.416 e. The highest BCUT2D eigenvalue weighted by molar-refractivity contribution is 7.10. The Bertz CT molecular complexity index is 1040. The van der Waals surface area contributed by atoms with Crippen LogP contribution in [0.25, 0.3) is 0 Å². The van der Waals surface area contributed by atoms with Gasteiger partial charge in [-0.3, -0.25) is 9.69 Å². The molecule has 0 saturated heterocycles. The highest BCUT2D eigenvalue weighted by Gasteiger charge is 2.31. The van der Waals surface area contributed by atoms with Gasteiger partial charge in [0.1, 0.15) is 12.3 Å². The Morgan fingerprint density at radius 2 is 1.79 bits per heavy atom. The zero-order valence-corrected chi connectivity index (χ0v) is 18.7. The average Bonchev–Trinajstić information content (AvgIpc) is 3.36. The van der Waals surface area contributed by atoms with E-state index < -0.39 is 23.7 Å². The lowest BCUT2D eigenvalue weighted by molar-refractivity contribution is -0.137. The SMILES string of the molecule is C#CC(=O)N(c1ccc(C(F)(F)F)cc1)C(C=O)c1cccs1.CNCCc1ccccc1. The Labute approximate surface area is 195 Å². The second-order valence-corrected chi connectivity index (χ2v) is 7.78. The number of alkyl halides is 3. The highest BCUT2D eigenvalue weighted by atomic mass is 32.1. The third kappa shape index (κ3) is 7.59. The van der Waals surface area contributed by atoms with E-state index in [0.29, 0.717) is 11.2 Å². The molecule has 2 aromatic carbocycles. The fraction of sp³-hybridized carbons (Fsp3) is 0.200. The van der Waals surface area contributed by atoms with Gasteiger partial charge in [-0.05, 0) is 67.2 Å². The van der Waals surface area contributed by atoms with Crippen LogP contribution in [0.15, 0.2) is 72.1 Å². The van der Waals surface area contributed by atoms with Crippen molar-refractivity contribution in [2.24, 2.45) is 0 Å². The normalized spacial score (nSPS) is 11.5. The predicted molar refractivity (Wildman–Crippen MR) is 125 cm³/mol. The molecular weight excluding hydrogens is 449 g/mol. The van der Waals surface area contributed by atoms with Crippen molar-refractivity contribution in [2.45, 2.75) is 18.6 Å². The van der Waals surface area contributed by atoms with Crippen molar-refractivity contribution in [1.29, 1.82) is 0 Å². The number of carbonyl (C=O) groups excluding carboxylic acids is 2. The summed E-state index contributed by atoms with van der Waals surface area (Å²) in [4.78, 5) is 25.0. The number of likely N-dealkylation sites (N-methyl/N-ethyl adjacent to an activating group) is 1. The van der Waals surface area contributed by atoms with E-state index in [0.717, 1.165) is 42.1 Å². The van der Waals surface area contributed by atoms with E-state index >= 15 is 0 Å². The third-order valence-corrected chi connectivity index (χ3v) is 5.51. The molecule has 0 saturated carbocycles. The fourth-order valence-corrected chi connectivity index (χ4v) is 3.69. The summed E-state index contributed by atoms with van der Waals surface area (Å²) in [5, 5.41) is 4.84. The molecule has 0 aliphatic rings. The van der Waals surface area contributed by atoms with Gasteiger partial charge in [-0.15, -0.1) is 17.8 Å². The largest absolute Gasteiger partial charge is 0.416 e. The quantitative estimate of drug-likeness (QED) is 0.384. The van der Waals surface area contributed by atoms with Crippen molar-refractivity contribution in [3.8, 4) is 12.3 Å². The van der Waals surface area contributed by atoms with E-state index in [2.05, 4.69) is 29.6 Å². The summed E-state index contributed by atoms with van der Waals surface area (Å²) in [6, 6.07) is 16.7. The lowest BCUT2D eigenvalue weighted by Crippen LogP contribution is -2.34. The van der Waals surface area contributed by atoms with E-state index in [9.17, 15) is 22.8 Å². The van der Waals surface area contributed by atoms with E-state index in [1.165, 1.54) is 16.9 Å². The Balaban J connectivity index is 0.000000321. The van der Waals surface area contributed by atoms with E-state index in [4.69, 9.17) is 6.42 Å². The first-order valence-corrected chi connectivity index (χ1v) is 10.8. The zero-order chi connectivity index (χ0) is 24.3. The first kappa shape index (κ1) is 25.8. The number of carbonyl (C=O) groups is 2. The molecule has 1 unspecified atom stereocenters. The summed E-state index contributed by atoms with van der Waals surface area (Å²) in [7, 11) is 1.98. The van der Waals surface area contributed by atoms with Crippen molar-refractivity contribution >= 4 is 29.2 Å². The van der Waals surface area contributed by atoms with Crippen LogP contribution >= 0.6 is 11.3 Å². The summed E-state index contributed by atoms with van der Waals surface area (Å²) < 4.78 is 37.9. The fourth-order valence-electron chi connectivity index (χ4n) is 2.91. The Hall–Kier alpha value is -3.41. The van der Waals surface area contributed by atoms with Crippen LogP contribution in [-0.2, 0) is 22.2 Å².